The molecule has 3 saturated carbocycles. The second kappa shape index (κ2) is 7.20. The third kappa shape index (κ3) is 2.88. The van der Waals surface area contributed by atoms with Gasteiger partial charge in [0.15, 0.2) is 5.78 Å². The average molecular weight is 459 g/mol. The molecule has 1 aromatic heterocycles. The van der Waals surface area contributed by atoms with Crippen molar-refractivity contribution >= 4 is 28.3 Å². The minimum absolute atomic E-state index is 0.284. The van der Waals surface area contributed by atoms with Crippen LogP contribution < -0.4 is 0 Å². The van der Waals surface area contributed by atoms with Crippen LogP contribution in [0, 0.1) is 18.8 Å². The molecule has 4 unspecified atom stereocenters. The lowest BCUT2D eigenvalue weighted by atomic mass is 9.74. The molecule has 0 radical (unpaired) electrons. The molecule has 7 rings (SSSR count). The Balaban J connectivity index is 1.29. The lowest BCUT2D eigenvalue weighted by Gasteiger charge is -2.35. The number of carbonyl (C=O) groups excluding carboxylic acids is 1. The summed E-state index contributed by atoms with van der Waals surface area (Å²) in [6, 6.07) is 15.5. The van der Waals surface area contributed by atoms with Crippen molar-refractivity contribution in [1.29, 1.82) is 0 Å². The lowest BCUT2D eigenvalue weighted by molar-refractivity contribution is 0.0916. The number of Topliss-reactive ketones (excluding diaryl/α,β-unsaturated/α-hetero) is 1. The van der Waals surface area contributed by atoms with Gasteiger partial charge in [0.05, 0.1) is 12.1 Å². The van der Waals surface area contributed by atoms with Crippen molar-refractivity contribution in [1.82, 2.24) is 9.47 Å². The van der Waals surface area contributed by atoms with Crippen LogP contribution in [0.25, 0.3) is 16.6 Å². The van der Waals surface area contributed by atoms with Crippen LogP contribution in [0.3, 0.4) is 0 Å². The number of benzene rings is 2. The maximum atomic E-state index is 13.8. The molecular formula is C29H31ClN2O. The first kappa shape index (κ1) is 20.3. The minimum Gasteiger partial charge on any atom is -0.313 e. The molecule has 0 bridgehead atoms. The fraction of sp³-hybridized carbons (Fsp3) is 0.483. The highest BCUT2D eigenvalue weighted by atomic mass is 35.5. The zero-order valence-corrected chi connectivity index (χ0v) is 20.1. The number of aromatic nitrogens is 1. The van der Waals surface area contributed by atoms with Crippen LogP contribution in [0.5, 0.6) is 0 Å². The van der Waals surface area contributed by atoms with Gasteiger partial charge in [-0.2, -0.15) is 0 Å². The van der Waals surface area contributed by atoms with Crippen molar-refractivity contribution in [2.45, 2.75) is 69.9 Å². The van der Waals surface area contributed by atoms with Crippen LogP contribution in [0.2, 0.25) is 5.02 Å². The van der Waals surface area contributed by atoms with E-state index in [9.17, 15) is 4.79 Å². The molecule has 4 fully saturated rings. The van der Waals surface area contributed by atoms with Crippen molar-refractivity contribution in [2.75, 3.05) is 6.54 Å². The van der Waals surface area contributed by atoms with Crippen LogP contribution in [-0.4, -0.2) is 33.4 Å². The molecule has 170 valence electrons. The Hall–Kier alpha value is -2.10. The van der Waals surface area contributed by atoms with Gasteiger partial charge < -0.3 is 4.57 Å². The molecule has 1 spiro atoms. The summed E-state index contributed by atoms with van der Waals surface area (Å²) in [5, 5.41) is 1.83. The first-order chi connectivity index (χ1) is 16.1. The van der Waals surface area contributed by atoms with E-state index in [1.807, 2.05) is 12.1 Å². The van der Waals surface area contributed by atoms with Gasteiger partial charge in [0, 0.05) is 38.9 Å². The summed E-state index contributed by atoms with van der Waals surface area (Å²) in [6.45, 7) is 2.69. The van der Waals surface area contributed by atoms with E-state index in [-0.39, 0.29) is 5.78 Å². The van der Waals surface area contributed by atoms with Gasteiger partial charge in [-0.25, -0.2) is 0 Å². The minimum atomic E-state index is 0.284. The molecule has 2 aromatic carbocycles. The molecule has 2 heterocycles. The molecule has 3 aromatic rings. The van der Waals surface area contributed by atoms with E-state index < -0.39 is 0 Å². The van der Waals surface area contributed by atoms with Gasteiger partial charge in [-0.3, -0.25) is 9.69 Å². The van der Waals surface area contributed by atoms with Crippen LogP contribution in [0.4, 0.5) is 0 Å². The number of nitrogens with zero attached hydrogens (tertiary/aromatic N) is 2. The summed E-state index contributed by atoms with van der Waals surface area (Å²) in [5.41, 5.74) is 5.97. The smallest absolute Gasteiger partial charge is 0.179 e. The fourth-order valence-corrected chi connectivity index (χ4v) is 7.61. The summed E-state index contributed by atoms with van der Waals surface area (Å²) >= 11 is 6.19. The molecule has 33 heavy (non-hydrogen) atoms. The van der Waals surface area contributed by atoms with Crippen LogP contribution in [0.15, 0.2) is 42.5 Å². The number of hydrogen-bond acceptors (Lipinski definition) is 2. The van der Waals surface area contributed by atoms with Gasteiger partial charge in [-0.15, -0.1) is 0 Å². The Morgan fingerprint density at radius 1 is 1.06 bits per heavy atom. The number of carbonyl (C=O) groups is 1. The van der Waals surface area contributed by atoms with Crippen LogP contribution >= 0.6 is 11.6 Å². The zero-order chi connectivity index (χ0) is 22.3. The Kier molecular flexibility index (Phi) is 4.43. The molecule has 1 aliphatic heterocycles. The molecule has 0 amide bonds. The second-order valence-electron chi connectivity index (χ2n) is 11.0. The highest BCUT2D eigenvalue weighted by Crippen LogP contribution is 2.66. The topological polar surface area (TPSA) is 25.0 Å². The molecule has 4 atom stereocenters. The molecule has 1 saturated heterocycles. The van der Waals surface area contributed by atoms with Gasteiger partial charge in [0.1, 0.15) is 0 Å². The molecular weight excluding hydrogens is 428 g/mol. The number of rotatable bonds is 6. The summed E-state index contributed by atoms with van der Waals surface area (Å²) in [7, 11) is 0. The number of ketones is 1. The average Bonchev–Trinajstić information content (AvgIpc) is 3.20. The summed E-state index contributed by atoms with van der Waals surface area (Å²) in [5.74, 6) is 1.95. The van der Waals surface area contributed by atoms with Crippen molar-refractivity contribution < 1.29 is 4.79 Å². The van der Waals surface area contributed by atoms with Crippen molar-refractivity contribution in [2.24, 2.45) is 11.8 Å². The fourth-order valence-electron chi connectivity index (χ4n) is 7.48. The summed E-state index contributed by atoms with van der Waals surface area (Å²) in [4.78, 5) is 16.3. The van der Waals surface area contributed by atoms with E-state index in [1.165, 1.54) is 50.5 Å². The standard InChI is InChI=1S/C29H31ClN2O/c1-18-28(26(33)17-31-27-12-6-21-13-14-29(21,27)31)24-11-5-20(15-19-3-2-4-19)16-25(24)32(18)23-9-7-22(30)8-10-23/h5,7-11,16,19,21,27H,2-4,6,12-15,17H2,1H3. The maximum absolute atomic E-state index is 13.8. The van der Waals surface area contributed by atoms with Gasteiger partial charge in [0.2, 0.25) is 0 Å². The van der Waals surface area contributed by atoms with E-state index in [0.29, 0.717) is 18.1 Å². The first-order valence-corrected chi connectivity index (χ1v) is 13.1. The van der Waals surface area contributed by atoms with E-state index >= 15 is 0 Å². The van der Waals surface area contributed by atoms with Gasteiger partial charge in [-0.05, 0) is 86.8 Å². The Bertz CT molecular complexity index is 1270. The molecule has 0 N–H and O–H groups in total. The highest BCUT2D eigenvalue weighted by molar-refractivity contribution is 6.30. The predicted octanol–water partition coefficient (Wildman–Crippen LogP) is 6.74. The van der Waals surface area contributed by atoms with E-state index in [1.54, 1.807) is 0 Å². The van der Waals surface area contributed by atoms with Crippen molar-refractivity contribution in [3.8, 4) is 5.69 Å². The molecule has 3 nitrogen and oxygen atoms in total. The molecule has 4 aliphatic rings. The number of hydrogen-bond donors (Lipinski definition) is 0. The van der Waals surface area contributed by atoms with Gasteiger partial charge in [-0.1, -0.05) is 43.0 Å². The largest absolute Gasteiger partial charge is 0.313 e. The third-order valence-corrected chi connectivity index (χ3v) is 9.76. The number of halogens is 1. The Morgan fingerprint density at radius 2 is 1.88 bits per heavy atom. The van der Waals surface area contributed by atoms with Crippen molar-refractivity contribution in [3.63, 3.8) is 0 Å². The number of fused-ring (bicyclic) bond motifs is 1. The third-order valence-electron chi connectivity index (χ3n) is 9.51. The Morgan fingerprint density at radius 3 is 2.55 bits per heavy atom. The van der Waals surface area contributed by atoms with E-state index in [2.05, 4.69) is 46.7 Å². The second-order valence-corrected chi connectivity index (χ2v) is 11.4. The van der Waals surface area contributed by atoms with Crippen LogP contribution in [-0.2, 0) is 6.42 Å². The Labute approximate surface area is 200 Å². The number of likely N-dealkylation sites (tertiary alicyclic amines) is 1. The summed E-state index contributed by atoms with van der Waals surface area (Å²) < 4.78 is 2.27. The van der Waals surface area contributed by atoms with Gasteiger partial charge >= 0.3 is 0 Å². The highest BCUT2D eigenvalue weighted by Gasteiger charge is 2.73. The molecule has 4 heteroatoms. The first-order valence-electron chi connectivity index (χ1n) is 12.8. The SMILES string of the molecule is Cc1c(C(=O)CN2C3CCC4CCC432)c2ccc(CC3CCC3)cc2n1-c1ccc(Cl)cc1. The normalized spacial score (nSPS) is 29.9. The van der Waals surface area contributed by atoms with Crippen LogP contribution in [0.1, 0.15) is 66.6 Å². The zero-order valence-electron chi connectivity index (χ0n) is 19.3. The predicted molar refractivity (Wildman–Crippen MR) is 134 cm³/mol. The quantitative estimate of drug-likeness (QED) is 0.301. The summed E-state index contributed by atoms with van der Waals surface area (Å²) in [6.07, 6.45) is 10.5. The van der Waals surface area contributed by atoms with Crippen molar-refractivity contribution in [3.05, 3.63) is 64.3 Å². The maximum Gasteiger partial charge on any atom is 0.179 e. The molecule has 3 aliphatic carbocycles. The lowest BCUT2D eigenvalue weighted by Crippen LogP contribution is -2.38. The van der Waals surface area contributed by atoms with E-state index in [0.717, 1.165) is 51.1 Å². The van der Waals surface area contributed by atoms with Gasteiger partial charge in [0.25, 0.3) is 0 Å². The monoisotopic (exact) mass is 458 g/mol. The van der Waals surface area contributed by atoms with E-state index in [4.69, 9.17) is 11.6 Å². The number of piperidine rings is 1.